The van der Waals surface area contributed by atoms with Gasteiger partial charge in [-0.05, 0) is 0 Å². The van der Waals surface area contributed by atoms with Crippen LogP contribution in [0.15, 0.2) is 16.5 Å². The average molecular weight is 237 g/mol. The minimum absolute atomic E-state index is 0.0301. The summed E-state index contributed by atoms with van der Waals surface area (Å²) in [6, 6.07) is 2.03. The molecule has 0 amide bonds. The fourth-order valence-electron chi connectivity index (χ4n) is 1.44. The number of rotatable bonds is 3. The van der Waals surface area contributed by atoms with Crippen molar-refractivity contribution in [2.75, 3.05) is 0 Å². The van der Waals surface area contributed by atoms with Crippen LogP contribution in [0, 0.1) is 20.2 Å². The monoisotopic (exact) mass is 237 g/mol. The molecular formula is C9H7N3O5. The molecule has 0 atom stereocenters. The number of benzene rings is 1. The fraction of sp³-hybridized carbons (Fsp3) is 0.222. The van der Waals surface area contributed by atoms with Gasteiger partial charge in [-0.3, -0.25) is 20.2 Å². The molecule has 0 radical (unpaired) electrons. The third-order valence-corrected chi connectivity index (χ3v) is 2.21. The van der Waals surface area contributed by atoms with E-state index in [-0.39, 0.29) is 16.8 Å². The minimum atomic E-state index is -0.722. The zero-order chi connectivity index (χ0) is 12.6. The van der Waals surface area contributed by atoms with Gasteiger partial charge in [-0.2, -0.15) is 0 Å². The van der Waals surface area contributed by atoms with Gasteiger partial charge in [-0.15, -0.1) is 0 Å². The number of aromatic nitrogens is 1. The molecule has 2 aromatic rings. The summed E-state index contributed by atoms with van der Waals surface area (Å²) in [5.41, 5.74) is -0.721. The van der Waals surface area contributed by atoms with Gasteiger partial charge in [0.25, 0.3) is 5.69 Å². The number of non-ortho nitro benzene ring substituents is 2. The van der Waals surface area contributed by atoms with E-state index in [1.54, 1.807) is 6.92 Å². The first-order chi connectivity index (χ1) is 8.02. The molecule has 1 heterocycles. The Morgan fingerprint density at radius 2 is 2.00 bits per heavy atom. The molecule has 0 saturated heterocycles. The van der Waals surface area contributed by atoms with Gasteiger partial charge in [-0.25, -0.2) is 4.98 Å². The smallest absolute Gasteiger partial charge is 0.320 e. The normalized spacial score (nSPS) is 10.6. The number of hydrogen-bond donors (Lipinski definition) is 0. The van der Waals surface area contributed by atoms with Crippen molar-refractivity contribution in [2.24, 2.45) is 0 Å². The van der Waals surface area contributed by atoms with Crippen LogP contribution in [0.2, 0.25) is 0 Å². The van der Waals surface area contributed by atoms with E-state index in [1.165, 1.54) is 0 Å². The predicted molar refractivity (Wildman–Crippen MR) is 56.7 cm³/mol. The lowest BCUT2D eigenvalue weighted by Crippen LogP contribution is -1.93. The van der Waals surface area contributed by atoms with Crippen molar-refractivity contribution in [3.05, 3.63) is 38.3 Å². The molecule has 0 aliphatic heterocycles. The van der Waals surface area contributed by atoms with Gasteiger partial charge < -0.3 is 4.42 Å². The topological polar surface area (TPSA) is 112 Å². The lowest BCUT2D eigenvalue weighted by atomic mass is 10.2. The Labute approximate surface area is 94.2 Å². The highest BCUT2D eigenvalue weighted by Gasteiger charge is 2.23. The Kier molecular flexibility index (Phi) is 2.47. The Hall–Kier alpha value is -2.51. The molecule has 17 heavy (non-hydrogen) atoms. The molecule has 0 aliphatic rings. The lowest BCUT2D eigenvalue weighted by molar-refractivity contribution is -0.393. The zero-order valence-corrected chi connectivity index (χ0v) is 8.74. The van der Waals surface area contributed by atoms with Crippen molar-refractivity contribution < 1.29 is 14.3 Å². The maximum absolute atomic E-state index is 10.8. The Morgan fingerprint density at radius 1 is 1.29 bits per heavy atom. The van der Waals surface area contributed by atoms with Crippen LogP contribution in [0.1, 0.15) is 12.8 Å². The molecule has 88 valence electrons. The first-order valence-corrected chi connectivity index (χ1v) is 4.75. The fourth-order valence-corrected chi connectivity index (χ4v) is 1.44. The molecule has 8 heteroatoms. The molecule has 0 spiro atoms. The summed E-state index contributed by atoms with van der Waals surface area (Å²) in [7, 11) is 0. The van der Waals surface area contributed by atoms with Crippen molar-refractivity contribution in [2.45, 2.75) is 13.3 Å². The quantitative estimate of drug-likeness (QED) is 0.597. The van der Waals surface area contributed by atoms with E-state index in [1.807, 2.05) is 0 Å². The number of aryl methyl sites for hydroxylation is 1. The van der Waals surface area contributed by atoms with E-state index in [0.717, 1.165) is 12.1 Å². The zero-order valence-electron chi connectivity index (χ0n) is 8.74. The summed E-state index contributed by atoms with van der Waals surface area (Å²) < 4.78 is 5.17. The van der Waals surface area contributed by atoms with E-state index in [4.69, 9.17) is 4.42 Å². The van der Waals surface area contributed by atoms with Crippen LogP contribution < -0.4 is 0 Å². The molecule has 1 aromatic carbocycles. The standard InChI is InChI=1S/C9H7N3O5/c1-2-8-10-6-3-5(11(13)14)4-7(12(15)16)9(6)17-8/h3-4H,2H2,1H3. The van der Waals surface area contributed by atoms with Gasteiger partial charge >= 0.3 is 5.69 Å². The summed E-state index contributed by atoms with van der Waals surface area (Å²) in [6.45, 7) is 1.77. The first kappa shape index (κ1) is 11.0. The highest BCUT2D eigenvalue weighted by molar-refractivity contribution is 5.85. The summed E-state index contributed by atoms with van der Waals surface area (Å²) in [4.78, 5) is 23.9. The van der Waals surface area contributed by atoms with Crippen molar-refractivity contribution in [3.8, 4) is 0 Å². The van der Waals surface area contributed by atoms with Gasteiger partial charge in [-0.1, -0.05) is 6.92 Å². The summed E-state index contributed by atoms with van der Waals surface area (Å²) in [5, 5.41) is 21.4. The minimum Gasteiger partial charge on any atom is -0.433 e. The van der Waals surface area contributed by atoms with Crippen LogP contribution in [-0.2, 0) is 6.42 Å². The van der Waals surface area contributed by atoms with Gasteiger partial charge in [0.05, 0.1) is 15.9 Å². The van der Waals surface area contributed by atoms with E-state index in [0.29, 0.717) is 12.3 Å². The molecule has 0 unspecified atom stereocenters. The third-order valence-electron chi connectivity index (χ3n) is 2.21. The van der Waals surface area contributed by atoms with Gasteiger partial charge in [0.15, 0.2) is 5.89 Å². The van der Waals surface area contributed by atoms with Crippen LogP contribution in [0.25, 0.3) is 11.1 Å². The number of hydrogen-bond acceptors (Lipinski definition) is 6. The summed E-state index contributed by atoms with van der Waals surface area (Å²) >= 11 is 0. The van der Waals surface area contributed by atoms with E-state index >= 15 is 0 Å². The van der Waals surface area contributed by atoms with Gasteiger partial charge in [0.1, 0.15) is 5.52 Å². The highest BCUT2D eigenvalue weighted by atomic mass is 16.6. The lowest BCUT2D eigenvalue weighted by Gasteiger charge is -1.93. The van der Waals surface area contributed by atoms with E-state index in [9.17, 15) is 20.2 Å². The number of nitro benzene ring substituents is 2. The van der Waals surface area contributed by atoms with Crippen molar-refractivity contribution in [3.63, 3.8) is 0 Å². The number of nitro groups is 2. The number of oxazole rings is 1. The summed E-state index contributed by atoms with van der Waals surface area (Å²) in [5.74, 6) is 0.309. The molecule has 0 bridgehead atoms. The molecule has 0 fully saturated rings. The number of fused-ring (bicyclic) bond motifs is 1. The third kappa shape index (κ3) is 1.80. The Morgan fingerprint density at radius 3 is 2.53 bits per heavy atom. The molecule has 2 rings (SSSR count). The summed E-state index contributed by atoms with van der Waals surface area (Å²) in [6.07, 6.45) is 0.458. The maximum Gasteiger partial charge on any atom is 0.320 e. The average Bonchev–Trinajstić information content (AvgIpc) is 2.69. The van der Waals surface area contributed by atoms with Crippen molar-refractivity contribution in [1.29, 1.82) is 0 Å². The SMILES string of the molecule is CCc1nc2cc([N+](=O)[O-])cc([N+](=O)[O-])c2o1. The maximum atomic E-state index is 10.8. The second-order valence-electron chi connectivity index (χ2n) is 3.29. The highest BCUT2D eigenvalue weighted by Crippen LogP contribution is 2.31. The molecule has 8 nitrogen and oxygen atoms in total. The van der Waals surface area contributed by atoms with Crippen molar-refractivity contribution in [1.82, 2.24) is 4.98 Å². The van der Waals surface area contributed by atoms with Crippen molar-refractivity contribution >= 4 is 22.5 Å². The predicted octanol–water partition coefficient (Wildman–Crippen LogP) is 2.21. The molecule has 0 N–H and O–H groups in total. The van der Waals surface area contributed by atoms with E-state index < -0.39 is 15.5 Å². The second-order valence-corrected chi connectivity index (χ2v) is 3.29. The first-order valence-electron chi connectivity index (χ1n) is 4.75. The molecule has 1 aromatic heterocycles. The van der Waals surface area contributed by atoms with Crippen LogP contribution in [0.4, 0.5) is 11.4 Å². The van der Waals surface area contributed by atoms with Gasteiger partial charge in [0, 0.05) is 12.5 Å². The van der Waals surface area contributed by atoms with Crippen LogP contribution in [0.3, 0.4) is 0 Å². The number of nitrogens with zero attached hydrogens (tertiary/aromatic N) is 3. The Balaban J connectivity index is 2.78. The van der Waals surface area contributed by atoms with Crippen LogP contribution in [0.5, 0.6) is 0 Å². The van der Waals surface area contributed by atoms with Crippen LogP contribution >= 0.6 is 0 Å². The largest absolute Gasteiger partial charge is 0.433 e. The van der Waals surface area contributed by atoms with Gasteiger partial charge in [0.2, 0.25) is 5.58 Å². The molecule has 0 aliphatic carbocycles. The second kappa shape index (κ2) is 3.81. The van der Waals surface area contributed by atoms with E-state index in [2.05, 4.69) is 4.98 Å². The molecular weight excluding hydrogens is 230 g/mol. The van der Waals surface area contributed by atoms with Crippen LogP contribution in [-0.4, -0.2) is 14.8 Å². The molecule has 0 saturated carbocycles. The Bertz CT molecular complexity index is 618.